The van der Waals surface area contributed by atoms with Gasteiger partial charge in [0, 0.05) is 18.8 Å². The standard InChI is InChI=1S/C20H25N3O3/c1-25-18-8-4-16(5-9-18)15-2-6-17(7-3-15)22-20(24)23-12-13-26-19(14-23)10-11-21/h2-9,19H,10-14,21H2,1H3,(H,22,24)/t19-/m0/s1. The van der Waals surface area contributed by atoms with Crippen LogP contribution in [0.3, 0.4) is 0 Å². The number of nitrogens with two attached hydrogens (primary N) is 1. The Morgan fingerprint density at radius 3 is 2.46 bits per heavy atom. The molecular formula is C20H25N3O3. The Morgan fingerprint density at radius 2 is 1.85 bits per heavy atom. The average Bonchev–Trinajstić information content (AvgIpc) is 2.69. The zero-order valence-corrected chi connectivity index (χ0v) is 15.0. The van der Waals surface area contributed by atoms with E-state index in [4.69, 9.17) is 15.2 Å². The van der Waals surface area contributed by atoms with Gasteiger partial charge in [0.1, 0.15) is 5.75 Å². The van der Waals surface area contributed by atoms with Crippen molar-refractivity contribution < 1.29 is 14.3 Å². The van der Waals surface area contributed by atoms with E-state index in [-0.39, 0.29) is 12.1 Å². The van der Waals surface area contributed by atoms with Crippen LogP contribution in [-0.4, -0.2) is 50.4 Å². The zero-order valence-electron chi connectivity index (χ0n) is 15.0. The smallest absolute Gasteiger partial charge is 0.322 e. The maximum Gasteiger partial charge on any atom is 0.322 e. The third kappa shape index (κ3) is 4.53. The molecule has 0 radical (unpaired) electrons. The van der Waals surface area contributed by atoms with Crippen LogP contribution in [0.4, 0.5) is 10.5 Å². The highest BCUT2D eigenvalue weighted by Crippen LogP contribution is 2.24. The van der Waals surface area contributed by atoms with Crippen LogP contribution in [0.15, 0.2) is 48.5 Å². The van der Waals surface area contributed by atoms with E-state index in [9.17, 15) is 4.79 Å². The van der Waals surface area contributed by atoms with Gasteiger partial charge in [-0.15, -0.1) is 0 Å². The summed E-state index contributed by atoms with van der Waals surface area (Å²) in [4.78, 5) is 14.2. The SMILES string of the molecule is COc1ccc(-c2ccc(NC(=O)N3CCO[C@@H](CCN)C3)cc2)cc1. The number of hydrogen-bond acceptors (Lipinski definition) is 4. The van der Waals surface area contributed by atoms with Gasteiger partial charge in [0.2, 0.25) is 0 Å². The summed E-state index contributed by atoms with van der Waals surface area (Å²) in [6.45, 7) is 2.28. The number of nitrogens with one attached hydrogen (secondary N) is 1. The Hall–Kier alpha value is -2.57. The Kier molecular flexibility index (Phi) is 6.09. The summed E-state index contributed by atoms with van der Waals surface area (Å²) in [5.41, 5.74) is 8.53. The molecule has 0 aliphatic carbocycles. The predicted octanol–water partition coefficient (Wildman–Crippen LogP) is 2.94. The molecule has 6 heteroatoms. The molecule has 0 unspecified atom stereocenters. The first-order valence-corrected chi connectivity index (χ1v) is 8.81. The molecule has 1 aliphatic rings. The van der Waals surface area contributed by atoms with Crippen molar-refractivity contribution in [3.63, 3.8) is 0 Å². The summed E-state index contributed by atoms with van der Waals surface area (Å²) in [6.07, 6.45) is 0.789. The maximum atomic E-state index is 12.5. The molecule has 1 fully saturated rings. The van der Waals surface area contributed by atoms with Gasteiger partial charge in [0.05, 0.1) is 19.8 Å². The number of carbonyl (C=O) groups is 1. The van der Waals surface area contributed by atoms with E-state index in [1.807, 2.05) is 48.5 Å². The first kappa shape index (κ1) is 18.2. The molecule has 26 heavy (non-hydrogen) atoms. The van der Waals surface area contributed by atoms with Crippen LogP contribution in [0.5, 0.6) is 5.75 Å². The van der Waals surface area contributed by atoms with E-state index in [0.29, 0.717) is 26.2 Å². The number of amides is 2. The number of anilines is 1. The lowest BCUT2D eigenvalue weighted by molar-refractivity contribution is -0.0146. The summed E-state index contributed by atoms with van der Waals surface area (Å²) < 4.78 is 10.8. The second kappa shape index (κ2) is 8.69. The van der Waals surface area contributed by atoms with Gasteiger partial charge in [-0.1, -0.05) is 24.3 Å². The van der Waals surface area contributed by atoms with Gasteiger partial charge in [-0.25, -0.2) is 4.79 Å². The number of carbonyl (C=O) groups excluding carboxylic acids is 1. The Balaban J connectivity index is 1.60. The lowest BCUT2D eigenvalue weighted by atomic mass is 10.1. The monoisotopic (exact) mass is 355 g/mol. The number of rotatable bonds is 5. The molecule has 3 rings (SSSR count). The first-order valence-electron chi connectivity index (χ1n) is 8.81. The zero-order chi connectivity index (χ0) is 18.4. The van der Waals surface area contributed by atoms with Crippen molar-refractivity contribution in [2.45, 2.75) is 12.5 Å². The van der Waals surface area contributed by atoms with Crippen LogP contribution >= 0.6 is 0 Å². The normalized spacial score (nSPS) is 17.0. The van der Waals surface area contributed by atoms with E-state index < -0.39 is 0 Å². The van der Waals surface area contributed by atoms with Gasteiger partial charge in [0.15, 0.2) is 0 Å². The second-order valence-corrected chi connectivity index (χ2v) is 6.25. The highest BCUT2D eigenvalue weighted by Gasteiger charge is 2.23. The van der Waals surface area contributed by atoms with E-state index in [1.165, 1.54) is 0 Å². The summed E-state index contributed by atoms with van der Waals surface area (Å²) in [5, 5.41) is 2.95. The maximum absolute atomic E-state index is 12.5. The minimum atomic E-state index is -0.104. The Bertz CT molecular complexity index is 714. The van der Waals surface area contributed by atoms with Crippen molar-refractivity contribution >= 4 is 11.7 Å². The second-order valence-electron chi connectivity index (χ2n) is 6.25. The van der Waals surface area contributed by atoms with Crippen molar-refractivity contribution in [1.29, 1.82) is 0 Å². The molecule has 0 spiro atoms. The number of urea groups is 1. The molecule has 2 amide bonds. The predicted molar refractivity (Wildman–Crippen MR) is 102 cm³/mol. The van der Waals surface area contributed by atoms with Crippen molar-refractivity contribution in [2.24, 2.45) is 5.73 Å². The lowest BCUT2D eigenvalue weighted by Crippen LogP contribution is -2.47. The fourth-order valence-electron chi connectivity index (χ4n) is 3.00. The summed E-state index contributed by atoms with van der Waals surface area (Å²) in [6, 6.07) is 15.6. The van der Waals surface area contributed by atoms with Crippen molar-refractivity contribution in [1.82, 2.24) is 4.90 Å². The summed E-state index contributed by atoms with van der Waals surface area (Å²) in [5.74, 6) is 0.830. The van der Waals surface area contributed by atoms with Crippen LogP contribution in [0, 0.1) is 0 Å². The van der Waals surface area contributed by atoms with Gasteiger partial charge >= 0.3 is 6.03 Å². The molecule has 6 nitrogen and oxygen atoms in total. The molecule has 1 aliphatic heterocycles. The number of methoxy groups -OCH3 is 1. The molecule has 0 bridgehead atoms. The van der Waals surface area contributed by atoms with E-state index in [1.54, 1.807) is 12.0 Å². The first-order chi connectivity index (χ1) is 12.7. The van der Waals surface area contributed by atoms with Gasteiger partial charge in [-0.05, 0) is 48.4 Å². The molecule has 1 heterocycles. The average molecular weight is 355 g/mol. The summed E-state index contributed by atoms with van der Waals surface area (Å²) in [7, 11) is 1.65. The molecule has 0 aromatic heterocycles. The topological polar surface area (TPSA) is 76.8 Å². The fourth-order valence-corrected chi connectivity index (χ4v) is 3.00. The van der Waals surface area contributed by atoms with E-state index >= 15 is 0 Å². The number of ether oxygens (including phenoxy) is 2. The molecule has 2 aromatic rings. The number of hydrogen-bond donors (Lipinski definition) is 2. The Morgan fingerprint density at radius 1 is 1.19 bits per heavy atom. The van der Waals surface area contributed by atoms with Crippen molar-refractivity contribution in [2.75, 3.05) is 38.7 Å². The third-order valence-electron chi connectivity index (χ3n) is 4.47. The van der Waals surface area contributed by atoms with Crippen molar-refractivity contribution in [3.8, 4) is 16.9 Å². The van der Waals surface area contributed by atoms with Crippen LogP contribution in [0.2, 0.25) is 0 Å². The quantitative estimate of drug-likeness (QED) is 0.864. The lowest BCUT2D eigenvalue weighted by Gasteiger charge is -2.32. The van der Waals surface area contributed by atoms with Crippen LogP contribution in [-0.2, 0) is 4.74 Å². The molecule has 1 atom stereocenters. The highest BCUT2D eigenvalue weighted by molar-refractivity contribution is 5.89. The van der Waals surface area contributed by atoms with Crippen LogP contribution in [0.1, 0.15) is 6.42 Å². The van der Waals surface area contributed by atoms with E-state index in [0.717, 1.165) is 29.0 Å². The van der Waals surface area contributed by atoms with Crippen molar-refractivity contribution in [3.05, 3.63) is 48.5 Å². The fraction of sp³-hybridized carbons (Fsp3) is 0.350. The van der Waals surface area contributed by atoms with E-state index in [2.05, 4.69) is 5.32 Å². The van der Waals surface area contributed by atoms with Gasteiger partial charge in [-0.2, -0.15) is 0 Å². The minimum absolute atomic E-state index is 0.0250. The van der Waals surface area contributed by atoms with Gasteiger partial charge < -0.3 is 25.4 Å². The van der Waals surface area contributed by atoms with Gasteiger partial charge in [-0.3, -0.25) is 0 Å². The number of morpholine rings is 1. The minimum Gasteiger partial charge on any atom is -0.497 e. The molecule has 138 valence electrons. The number of nitrogens with zero attached hydrogens (tertiary/aromatic N) is 1. The molecule has 3 N–H and O–H groups in total. The molecule has 2 aromatic carbocycles. The molecule has 0 saturated carbocycles. The van der Waals surface area contributed by atoms with Gasteiger partial charge in [0.25, 0.3) is 0 Å². The molecule has 1 saturated heterocycles. The third-order valence-corrected chi connectivity index (χ3v) is 4.47. The largest absolute Gasteiger partial charge is 0.497 e. The van der Waals surface area contributed by atoms with Crippen LogP contribution < -0.4 is 15.8 Å². The summed E-state index contributed by atoms with van der Waals surface area (Å²) >= 11 is 0. The molecular weight excluding hydrogens is 330 g/mol. The number of benzene rings is 2. The highest BCUT2D eigenvalue weighted by atomic mass is 16.5. The van der Waals surface area contributed by atoms with Crippen LogP contribution in [0.25, 0.3) is 11.1 Å². The Labute approximate surface area is 153 Å².